The average molecular weight is 440 g/mol. The fraction of sp³-hybridized carbons (Fsp3) is 0.304. The lowest BCUT2D eigenvalue weighted by Gasteiger charge is -2.36. The van der Waals surface area contributed by atoms with Crippen molar-refractivity contribution >= 4 is 17.6 Å². The van der Waals surface area contributed by atoms with Gasteiger partial charge in [-0.05, 0) is 30.7 Å². The van der Waals surface area contributed by atoms with Gasteiger partial charge in [-0.3, -0.25) is 14.9 Å². The highest BCUT2D eigenvalue weighted by Crippen LogP contribution is 2.17. The second kappa shape index (κ2) is 11.7. The number of aliphatic carboxylic acids is 2. The number of rotatable bonds is 7. The molecule has 0 atom stereocenters. The van der Waals surface area contributed by atoms with Gasteiger partial charge in [0.25, 0.3) is 0 Å². The first-order valence-corrected chi connectivity index (χ1v) is 10.6. The van der Waals surface area contributed by atoms with Crippen LogP contribution in [0.5, 0.6) is 0 Å². The van der Waals surface area contributed by atoms with Gasteiger partial charge in [0.15, 0.2) is 0 Å². The maximum atomic E-state index is 9.55. The molecule has 0 aromatic heterocycles. The molecule has 170 valence electrons. The standard InChI is InChI=1S/C19H25N5.C4H4O4/c1-2-7-18(8-3-1)22-15-13-21(14-16-22)10-6-11-23-17-19-9-4-5-12-24(19)20-23;5-3(6)1-2-4(7)8/h1-5,7-9,12,17,20H,6,10-11,13-16H2;1-2H,(H,5,6)(H,7,8). The van der Waals surface area contributed by atoms with Crippen molar-refractivity contribution in [1.82, 2.24) is 20.5 Å². The predicted octanol–water partition coefficient (Wildman–Crippen LogP) is 1.87. The van der Waals surface area contributed by atoms with Gasteiger partial charge in [0.2, 0.25) is 0 Å². The Morgan fingerprint density at radius 2 is 1.62 bits per heavy atom. The molecular weight excluding hydrogens is 410 g/mol. The Morgan fingerprint density at radius 3 is 2.25 bits per heavy atom. The number of hydrazine groups is 2. The number of nitrogens with one attached hydrogen (secondary N) is 1. The molecule has 0 radical (unpaired) electrons. The quantitative estimate of drug-likeness (QED) is 0.550. The summed E-state index contributed by atoms with van der Waals surface area (Å²) in [7, 11) is 0. The molecule has 32 heavy (non-hydrogen) atoms. The summed E-state index contributed by atoms with van der Waals surface area (Å²) in [6.45, 7) is 6.75. The zero-order chi connectivity index (χ0) is 22.8. The van der Waals surface area contributed by atoms with Gasteiger partial charge in [0, 0.05) is 69.5 Å². The SMILES string of the molecule is C1=CC2=CN(CCCN3CCN(c4ccccc4)CC3)NN2C=C1.O=C(O)C=CC(=O)O. The lowest BCUT2D eigenvalue weighted by Crippen LogP contribution is -2.47. The number of allylic oxidation sites excluding steroid dienone is 3. The number of anilines is 1. The van der Waals surface area contributed by atoms with Crippen LogP contribution in [0.1, 0.15) is 6.42 Å². The van der Waals surface area contributed by atoms with Crippen molar-refractivity contribution in [3.05, 3.63) is 78.8 Å². The minimum Gasteiger partial charge on any atom is -0.478 e. The van der Waals surface area contributed by atoms with E-state index in [1.807, 2.05) is 6.08 Å². The average Bonchev–Trinajstić information content (AvgIpc) is 3.22. The molecule has 0 spiro atoms. The van der Waals surface area contributed by atoms with E-state index in [0.717, 1.165) is 39.3 Å². The van der Waals surface area contributed by atoms with Crippen molar-refractivity contribution < 1.29 is 19.8 Å². The number of carbonyl (C=O) groups is 2. The summed E-state index contributed by atoms with van der Waals surface area (Å²) in [6.07, 6.45) is 12.7. The number of fused-ring (bicyclic) bond motifs is 1. The van der Waals surface area contributed by atoms with Gasteiger partial charge in [0.05, 0.1) is 5.70 Å². The van der Waals surface area contributed by atoms with Crippen LogP contribution in [0.2, 0.25) is 0 Å². The third-order valence-electron chi connectivity index (χ3n) is 5.15. The predicted molar refractivity (Wildman–Crippen MR) is 122 cm³/mol. The number of piperazine rings is 1. The highest BCUT2D eigenvalue weighted by Gasteiger charge is 2.19. The third-order valence-corrected chi connectivity index (χ3v) is 5.15. The molecule has 3 aliphatic rings. The molecule has 0 unspecified atom stereocenters. The topological polar surface area (TPSA) is 99.6 Å². The Bertz CT molecular complexity index is 873. The molecule has 1 aromatic rings. The molecule has 3 aliphatic heterocycles. The Hall–Kier alpha value is -3.56. The van der Waals surface area contributed by atoms with Crippen LogP contribution in [0, 0.1) is 0 Å². The summed E-state index contributed by atoms with van der Waals surface area (Å²) in [5.41, 5.74) is 5.92. The molecule has 1 saturated heterocycles. The highest BCUT2D eigenvalue weighted by atomic mass is 16.4. The van der Waals surface area contributed by atoms with Crippen molar-refractivity contribution in [2.24, 2.45) is 0 Å². The van der Waals surface area contributed by atoms with E-state index in [2.05, 4.69) is 80.2 Å². The number of carboxylic acid groups (broad SMARTS) is 2. The molecule has 0 aliphatic carbocycles. The lowest BCUT2D eigenvalue weighted by atomic mass is 10.2. The zero-order valence-electron chi connectivity index (χ0n) is 17.9. The van der Waals surface area contributed by atoms with Crippen LogP contribution in [-0.4, -0.2) is 76.3 Å². The van der Waals surface area contributed by atoms with Crippen LogP contribution < -0.4 is 10.4 Å². The number of nitrogens with zero attached hydrogens (tertiary/aromatic N) is 4. The monoisotopic (exact) mass is 439 g/mol. The molecule has 4 rings (SSSR count). The first-order chi connectivity index (χ1) is 15.5. The van der Waals surface area contributed by atoms with Gasteiger partial charge in [-0.1, -0.05) is 24.3 Å². The van der Waals surface area contributed by atoms with E-state index in [4.69, 9.17) is 10.2 Å². The number of benzene rings is 1. The summed E-state index contributed by atoms with van der Waals surface area (Å²) >= 11 is 0. The molecule has 9 nitrogen and oxygen atoms in total. The molecule has 3 heterocycles. The molecular formula is C23H29N5O4. The van der Waals surface area contributed by atoms with E-state index in [-0.39, 0.29) is 0 Å². The second-order valence-electron chi connectivity index (χ2n) is 7.45. The highest BCUT2D eigenvalue weighted by molar-refractivity contribution is 5.89. The van der Waals surface area contributed by atoms with Crippen molar-refractivity contribution in [3.8, 4) is 0 Å². The van der Waals surface area contributed by atoms with E-state index < -0.39 is 11.9 Å². The number of para-hydroxylation sites is 1. The summed E-state index contributed by atoms with van der Waals surface area (Å²) in [4.78, 5) is 24.2. The van der Waals surface area contributed by atoms with Gasteiger partial charge in [-0.2, -0.15) is 0 Å². The number of carboxylic acids is 2. The Balaban J connectivity index is 0.000000312. The molecule has 1 fully saturated rings. The van der Waals surface area contributed by atoms with Crippen molar-refractivity contribution in [2.45, 2.75) is 6.42 Å². The summed E-state index contributed by atoms with van der Waals surface area (Å²) in [5, 5.41) is 19.9. The normalized spacial score (nSPS) is 17.8. The number of hydrogen-bond donors (Lipinski definition) is 3. The smallest absolute Gasteiger partial charge is 0.328 e. The Labute approximate surface area is 187 Å². The van der Waals surface area contributed by atoms with Crippen LogP contribution in [0.15, 0.2) is 78.8 Å². The maximum absolute atomic E-state index is 9.55. The van der Waals surface area contributed by atoms with E-state index in [1.54, 1.807) is 0 Å². The Kier molecular flexibility index (Phi) is 8.47. The molecule has 0 bridgehead atoms. The molecule has 9 heteroatoms. The van der Waals surface area contributed by atoms with Crippen molar-refractivity contribution in [3.63, 3.8) is 0 Å². The van der Waals surface area contributed by atoms with Crippen LogP contribution >= 0.6 is 0 Å². The first-order valence-electron chi connectivity index (χ1n) is 10.6. The first kappa shape index (κ1) is 23.1. The van der Waals surface area contributed by atoms with E-state index >= 15 is 0 Å². The third kappa shape index (κ3) is 7.29. The van der Waals surface area contributed by atoms with Crippen LogP contribution in [0.25, 0.3) is 0 Å². The minimum atomic E-state index is -1.26. The van der Waals surface area contributed by atoms with E-state index in [0.29, 0.717) is 12.2 Å². The molecule has 0 saturated carbocycles. The van der Waals surface area contributed by atoms with Gasteiger partial charge in [0.1, 0.15) is 0 Å². The van der Waals surface area contributed by atoms with E-state index in [1.165, 1.54) is 17.8 Å². The van der Waals surface area contributed by atoms with Gasteiger partial charge >= 0.3 is 11.9 Å². The summed E-state index contributed by atoms with van der Waals surface area (Å²) < 4.78 is 0. The van der Waals surface area contributed by atoms with Gasteiger partial charge in [-0.25, -0.2) is 9.59 Å². The van der Waals surface area contributed by atoms with Crippen LogP contribution in [-0.2, 0) is 9.59 Å². The van der Waals surface area contributed by atoms with Gasteiger partial charge in [-0.15, -0.1) is 5.53 Å². The largest absolute Gasteiger partial charge is 0.478 e. The van der Waals surface area contributed by atoms with Crippen molar-refractivity contribution in [2.75, 3.05) is 44.2 Å². The molecule has 0 amide bonds. The minimum absolute atomic E-state index is 0.558. The lowest BCUT2D eigenvalue weighted by molar-refractivity contribution is -0.134. The number of hydrogen-bond acceptors (Lipinski definition) is 7. The van der Waals surface area contributed by atoms with Gasteiger partial charge < -0.3 is 15.1 Å². The fourth-order valence-corrected chi connectivity index (χ4v) is 3.57. The zero-order valence-corrected chi connectivity index (χ0v) is 17.9. The summed E-state index contributed by atoms with van der Waals surface area (Å²) in [6, 6.07) is 10.7. The molecule has 3 N–H and O–H groups in total. The Morgan fingerprint density at radius 1 is 0.938 bits per heavy atom. The van der Waals surface area contributed by atoms with E-state index in [9.17, 15) is 9.59 Å². The van der Waals surface area contributed by atoms with Crippen LogP contribution in [0.3, 0.4) is 0 Å². The van der Waals surface area contributed by atoms with Crippen LogP contribution in [0.4, 0.5) is 5.69 Å². The second-order valence-corrected chi connectivity index (χ2v) is 7.45. The van der Waals surface area contributed by atoms with Crippen molar-refractivity contribution in [1.29, 1.82) is 0 Å². The maximum Gasteiger partial charge on any atom is 0.328 e. The summed E-state index contributed by atoms with van der Waals surface area (Å²) in [5.74, 6) is -2.51. The fourth-order valence-electron chi connectivity index (χ4n) is 3.57. The molecule has 1 aromatic carbocycles.